The highest BCUT2D eigenvalue weighted by Crippen LogP contribution is 2.39. The summed E-state index contributed by atoms with van der Waals surface area (Å²) in [4.78, 5) is 11.9. The predicted octanol–water partition coefficient (Wildman–Crippen LogP) is 2.06. The first-order valence-corrected chi connectivity index (χ1v) is 10.1. The average molecular weight is 399 g/mol. The molecule has 2 heterocycles. The number of anilines is 2. The Kier molecular flexibility index (Phi) is 5.28. The van der Waals surface area contributed by atoms with Crippen LogP contribution in [0.2, 0.25) is 0 Å². The molecular formula is C16H18FN3O4S2. The normalized spacial score (nSPS) is 15.8. The Morgan fingerprint density at radius 2 is 1.96 bits per heavy atom. The summed E-state index contributed by atoms with van der Waals surface area (Å²) < 4.78 is 46.3. The van der Waals surface area contributed by atoms with E-state index in [1.807, 2.05) is 0 Å². The lowest BCUT2D eigenvalue weighted by molar-refractivity contribution is 0.0731. The minimum absolute atomic E-state index is 0.0204. The number of rotatable bonds is 5. The molecule has 1 aliphatic rings. The van der Waals surface area contributed by atoms with E-state index in [2.05, 4.69) is 5.32 Å². The first-order chi connectivity index (χ1) is 12.3. The van der Waals surface area contributed by atoms with Gasteiger partial charge in [-0.3, -0.25) is 4.79 Å². The van der Waals surface area contributed by atoms with Gasteiger partial charge in [0.1, 0.15) is 15.0 Å². The van der Waals surface area contributed by atoms with Crippen LogP contribution in [0.25, 0.3) is 0 Å². The lowest BCUT2D eigenvalue weighted by atomic mass is 10.2. The van der Waals surface area contributed by atoms with E-state index >= 15 is 0 Å². The van der Waals surface area contributed by atoms with E-state index in [9.17, 15) is 17.6 Å². The third kappa shape index (κ3) is 3.45. The number of para-hydroxylation sites is 1. The van der Waals surface area contributed by atoms with Crippen LogP contribution in [-0.4, -0.2) is 44.9 Å². The van der Waals surface area contributed by atoms with Crippen molar-refractivity contribution >= 4 is 38.0 Å². The van der Waals surface area contributed by atoms with E-state index in [4.69, 9.17) is 10.5 Å². The number of primary amides is 1. The number of morpholine rings is 1. The molecule has 0 saturated carbocycles. The fourth-order valence-electron chi connectivity index (χ4n) is 2.71. The maximum Gasteiger partial charge on any atom is 0.253 e. The Balaban J connectivity index is 2.05. The molecular weight excluding hydrogens is 381 g/mol. The number of nitrogens with one attached hydrogen (secondary N) is 1. The number of hydrogen-bond acceptors (Lipinski definition) is 6. The number of amides is 1. The van der Waals surface area contributed by atoms with Crippen LogP contribution in [0.5, 0.6) is 0 Å². The molecule has 2 aromatic rings. The minimum atomic E-state index is -3.80. The summed E-state index contributed by atoms with van der Waals surface area (Å²) in [6.45, 7) is 2.62. The topological polar surface area (TPSA) is 102 Å². The van der Waals surface area contributed by atoms with Gasteiger partial charge in [-0.2, -0.15) is 4.31 Å². The van der Waals surface area contributed by atoms with Crippen molar-refractivity contribution in [2.75, 3.05) is 31.6 Å². The minimum Gasteiger partial charge on any atom is -0.379 e. The third-order valence-corrected chi connectivity index (χ3v) is 7.72. The van der Waals surface area contributed by atoms with Crippen LogP contribution in [0.15, 0.2) is 28.5 Å². The van der Waals surface area contributed by atoms with Crippen molar-refractivity contribution in [2.45, 2.75) is 11.1 Å². The monoisotopic (exact) mass is 399 g/mol. The second-order valence-corrected chi connectivity index (χ2v) is 8.86. The molecule has 0 unspecified atom stereocenters. The summed E-state index contributed by atoms with van der Waals surface area (Å²) >= 11 is 0.870. The molecule has 1 aromatic heterocycles. The molecule has 0 atom stereocenters. The number of hydrogen-bond donors (Lipinski definition) is 2. The number of carbonyl (C=O) groups is 1. The van der Waals surface area contributed by atoms with Gasteiger partial charge in [0.15, 0.2) is 0 Å². The number of carbonyl (C=O) groups excluding carboxylic acids is 1. The molecule has 1 saturated heterocycles. The van der Waals surface area contributed by atoms with Crippen molar-refractivity contribution < 1.29 is 22.3 Å². The fourth-order valence-corrected chi connectivity index (χ4v) is 6.01. The number of nitrogens with zero attached hydrogens (tertiary/aromatic N) is 1. The van der Waals surface area contributed by atoms with Gasteiger partial charge in [-0.25, -0.2) is 12.8 Å². The second-order valence-electron chi connectivity index (χ2n) is 5.70. The van der Waals surface area contributed by atoms with Crippen molar-refractivity contribution in [2.24, 2.45) is 5.73 Å². The number of ether oxygens (including phenoxy) is 1. The standard InChI is InChI=1S/C16H18FN3O4S2/c1-10-13(14(18)21)15(19-12-5-3-2-4-11(12)17)25-16(10)26(22,23)20-6-8-24-9-7-20/h2-5,19H,6-9H2,1H3,(H2,18,21). The molecule has 1 amide bonds. The zero-order valence-electron chi connectivity index (χ0n) is 14.0. The molecule has 0 radical (unpaired) electrons. The summed E-state index contributed by atoms with van der Waals surface area (Å²) in [6.07, 6.45) is 0. The van der Waals surface area contributed by atoms with E-state index < -0.39 is 21.7 Å². The van der Waals surface area contributed by atoms with E-state index in [0.29, 0.717) is 13.2 Å². The smallest absolute Gasteiger partial charge is 0.253 e. The van der Waals surface area contributed by atoms with Gasteiger partial charge in [0.25, 0.3) is 15.9 Å². The van der Waals surface area contributed by atoms with Crippen LogP contribution >= 0.6 is 11.3 Å². The first-order valence-electron chi connectivity index (χ1n) is 7.85. The maximum absolute atomic E-state index is 13.9. The van der Waals surface area contributed by atoms with Crippen LogP contribution in [0.1, 0.15) is 15.9 Å². The van der Waals surface area contributed by atoms with Gasteiger partial charge in [0.05, 0.1) is 24.5 Å². The Morgan fingerprint density at radius 3 is 2.58 bits per heavy atom. The molecule has 140 valence electrons. The summed E-state index contributed by atoms with van der Waals surface area (Å²) in [6, 6.07) is 5.91. The SMILES string of the molecule is Cc1c(S(=O)(=O)N2CCOCC2)sc(Nc2ccccc2F)c1C(N)=O. The molecule has 0 aliphatic carbocycles. The number of halogens is 1. The van der Waals surface area contributed by atoms with Gasteiger partial charge >= 0.3 is 0 Å². The van der Waals surface area contributed by atoms with E-state index in [-0.39, 0.29) is 39.1 Å². The molecule has 1 aromatic carbocycles. The van der Waals surface area contributed by atoms with Crippen LogP contribution in [0.4, 0.5) is 15.1 Å². The van der Waals surface area contributed by atoms with E-state index in [1.54, 1.807) is 6.07 Å². The second kappa shape index (κ2) is 7.31. The third-order valence-electron chi connectivity index (χ3n) is 4.02. The van der Waals surface area contributed by atoms with Crippen LogP contribution in [0.3, 0.4) is 0 Å². The number of benzene rings is 1. The first kappa shape index (κ1) is 18.8. The van der Waals surface area contributed by atoms with Crippen molar-refractivity contribution in [1.82, 2.24) is 4.31 Å². The van der Waals surface area contributed by atoms with Gasteiger partial charge in [-0.1, -0.05) is 12.1 Å². The molecule has 10 heteroatoms. The largest absolute Gasteiger partial charge is 0.379 e. The Hall–Kier alpha value is -2.01. The average Bonchev–Trinajstić information content (AvgIpc) is 2.95. The Morgan fingerprint density at radius 1 is 1.31 bits per heavy atom. The molecule has 26 heavy (non-hydrogen) atoms. The molecule has 1 fully saturated rings. The van der Waals surface area contributed by atoms with E-state index in [1.165, 1.54) is 29.4 Å². The van der Waals surface area contributed by atoms with Gasteiger partial charge in [-0.05, 0) is 24.6 Å². The fraction of sp³-hybridized carbons (Fsp3) is 0.312. The lowest BCUT2D eigenvalue weighted by Crippen LogP contribution is -2.40. The van der Waals surface area contributed by atoms with Crippen LogP contribution in [-0.2, 0) is 14.8 Å². The summed E-state index contributed by atoms with van der Waals surface area (Å²) in [5.74, 6) is -1.30. The molecule has 3 N–H and O–H groups in total. The molecule has 0 spiro atoms. The number of sulfonamides is 1. The van der Waals surface area contributed by atoms with Gasteiger partial charge < -0.3 is 15.8 Å². The lowest BCUT2D eigenvalue weighted by Gasteiger charge is -2.25. The van der Waals surface area contributed by atoms with Crippen LogP contribution < -0.4 is 11.1 Å². The van der Waals surface area contributed by atoms with Crippen molar-refractivity contribution in [1.29, 1.82) is 0 Å². The highest BCUT2D eigenvalue weighted by atomic mass is 32.2. The van der Waals surface area contributed by atoms with Gasteiger partial charge in [0, 0.05) is 13.1 Å². The number of nitrogens with two attached hydrogens (primary N) is 1. The zero-order valence-corrected chi connectivity index (χ0v) is 15.6. The molecule has 0 bridgehead atoms. The van der Waals surface area contributed by atoms with Crippen molar-refractivity contribution in [3.63, 3.8) is 0 Å². The summed E-state index contributed by atoms with van der Waals surface area (Å²) in [5, 5.41) is 2.99. The summed E-state index contributed by atoms with van der Waals surface area (Å²) in [7, 11) is -3.80. The highest BCUT2D eigenvalue weighted by Gasteiger charge is 2.33. The zero-order chi connectivity index (χ0) is 18.9. The predicted molar refractivity (Wildman–Crippen MR) is 96.8 cm³/mol. The molecule has 7 nitrogen and oxygen atoms in total. The Bertz CT molecular complexity index is 937. The van der Waals surface area contributed by atoms with Gasteiger partial charge in [0.2, 0.25) is 0 Å². The molecule has 1 aliphatic heterocycles. The van der Waals surface area contributed by atoms with Crippen LogP contribution in [0, 0.1) is 12.7 Å². The van der Waals surface area contributed by atoms with Gasteiger partial charge in [-0.15, -0.1) is 11.3 Å². The highest BCUT2D eigenvalue weighted by molar-refractivity contribution is 7.91. The Labute approximate surface area is 154 Å². The quantitative estimate of drug-likeness (QED) is 0.801. The summed E-state index contributed by atoms with van der Waals surface area (Å²) in [5.41, 5.74) is 5.88. The maximum atomic E-state index is 13.9. The molecule has 3 rings (SSSR count). The van der Waals surface area contributed by atoms with Crippen molar-refractivity contribution in [3.05, 3.63) is 41.2 Å². The van der Waals surface area contributed by atoms with E-state index in [0.717, 1.165) is 11.3 Å². The number of thiophene rings is 1. The van der Waals surface area contributed by atoms with Crippen molar-refractivity contribution in [3.8, 4) is 0 Å².